The van der Waals surface area contributed by atoms with Gasteiger partial charge in [-0.05, 0) is 105 Å². The lowest BCUT2D eigenvalue weighted by atomic mass is 9.96. The largest absolute Gasteiger partial charge is 0.507 e. The van der Waals surface area contributed by atoms with Gasteiger partial charge in [-0.2, -0.15) is 0 Å². The van der Waals surface area contributed by atoms with Crippen LogP contribution in [0.4, 0.5) is 0 Å². The first-order chi connectivity index (χ1) is 15.8. The van der Waals surface area contributed by atoms with Gasteiger partial charge < -0.3 is 14.6 Å². The Morgan fingerprint density at radius 1 is 1.06 bits per heavy atom. The number of rotatable bonds is 9. The molecule has 33 heavy (non-hydrogen) atoms. The van der Waals surface area contributed by atoms with Crippen LogP contribution < -0.4 is 4.74 Å². The van der Waals surface area contributed by atoms with E-state index in [2.05, 4.69) is 36.8 Å². The van der Waals surface area contributed by atoms with Crippen LogP contribution in [0.15, 0.2) is 57.6 Å². The number of methoxy groups -OCH3 is 1. The van der Waals surface area contributed by atoms with E-state index >= 15 is 0 Å². The molecule has 2 aromatic carbocycles. The molecule has 1 aromatic heterocycles. The molecule has 0 saturated carbocycles. The summed E-state index contributed by atoms with van der Waals surface area (Å²) in [7, 11) is 1.39. The minimum Gasteiger partial charge on any atom is -0.507 e. The van der Waals surface area contributed by atoms with Gasteiger partial charge in [0.25, 0.3) is 0 Å². The maximum absolute atomic E-state index is 11.5. The summed E-state index contributed by atoms with van der Waals surface area (Å²) in [6.45, 7) is 4.09. The van der Waals surface area contributed by atoms with Crippen molar-refractivity contribution in [3.8, 4) is 17.2 Å². The highest BCUT2D eigenvalue weighted by molar-refractivity contribution is 9.11. The van der Waals surface area contributed by atoms with Crippen LogP contribution in [0.3, 0.4) is 0 Å². The quantitative estimate of drug-likeness (QED) is 0.275. The van der Waals surface area contributed by atoms with E-state index in [0.717, 1.165) is 37.8 Å². The summed E-state index contributed by atoms with van der Waals surface area (Å²) in [4.78, 5) is 15.8. The molecule has 0 fully saturated rings. The Labute approximate surface area is 211 Å². The fraction of sp³-hybridized carbons (Fsp3) is 0.308. The molecule has 0 aliphatic carbocycles. The van der Waals surface area contributed by atoms with Crippen LogP contribution >= 0.6 is 31.9 Å². The number of halogens is 2. The summed E-state index contributed by atoms with van der Waals surface area (Å²) < 4.78 is 12.5. The van der Waals surface area contributed by atoms with Crippen LogP contribution in [0, 0.1) is 0 Å². The number of carbonyl (C=O) groups excluding carboxylic acids is 1. The van der Waals surface area contributed by atoms with Gasteiger partial charge in [0.2, 0.25) is 0 Å². The Hall–Kier alpha value is -2.38. The van der Waals surface area contributed by atoms with Crippen molar-refractivity contribution >= 4 is 37.8 Å². The molecule has 7 heteroatoms. The predicted molar refractivity (Wildman–Crippen MR) is 136 cm³/mol. The average molecular weight is 577 g/mol. The highest BCUT2D eigenvalue weighted by Crippen LogP contribution is 2.41. The first-order valence-electron chi connectivity index (χ1n) is 10.8. The second-order valence-corrected chi connectivity index (χ2v) is 9.77. The molecule has 0 aliphatic heterocycles. The maximum atomic E-state index is 11.5. The number of aromatic hydroxyl groups is 1. The Kier molecular flexibility index (Phi) is 8.92. The van der Waals surface area contributed by atoms with Crippen molar-refractivity contribution < 1.29 is 19.4 Å². The first-order valence-corrected chi connectivity index (χ1v) is 12.3. The third kappa shape index (κ3) is 6.81. The summed E-state index contributed by atoms with van der Waals surface area (Å²) in [6.07, 6.45) is 4.02. The lowest BCUT2D eigenvalue weighted by molar-refractivity contribution is -0.140. The normalized spacial score (nSPS) is 11.0. The molecule has 0 aliphatic rings. The van der Waals surface area contributed by atoms with Crippen molar-refractivity contribution in [2.45, 2.75) is 45.4 Å². The number of nitrogens with zero attached hydrogens (tertiary/aromatic N) is 1. The van der Waals surface area contributed by atoms with Crippen molar-refractivity contribution in [3.05, 3.63) is 80.0 Å². The van der Waals surface area contributed by atoms with E-state index in [4.69, 9.17) is 9.47 Å². The molecule has 5 nitrogen and oxygen atoms in total. The topological polar surface area (TPSA) is 68.7 Å². The third-order valence-corrected chi connectivity index (χ3v) is 6.49. The van der Waals surface area contributed by atoms with E-state index in [0.29, 0.717) is 36.5 Å². The second-order valence-electron chi connectivity index (χ2n) is 8.06. The molecule has 1 heterocycles. The van der Waals surface area contributed by atoms with Crippen molar-refractivity contribution in [2.75, 3.05) is 7.11 Å². The van der Waals surface area contributed by atoms with Gasteiger partial charge in [0.15, 0.2) is 5.75 Å². The van der Waals surface area contributed by atoms with Crippen LogP contribution in [-0.4, -0.2) is 23.2 Å². The van der Waals surface area contributed by atoms with Crippen LogP contribution in [0.25, 0.3) is 0 Å². The summed E-state index contributed by atoms with van der Waals surface area (Å²) in [5.74, 6) is 1.48. The highest BCUT2D eigenvalue weighted by Gasteiger charge is 2.17. The van der Waals surface area contributed by atoms with Crippen molar-refractivity contribution in [1.29, 1.82) is 0 Å². The first kappa shape index (κ1) is 25.2. The Morgan fingerprint density at radius 2 is 1.79 bits per heavy atom. The van der Waals surface area contributed by atoms with E-state index in [9.17, 15) is 9.90 Å². The van der Waals surface area contributed by atoms with E-state index in [1.165, 1.54) is 7.11 Å². The van der Waals surface area contributed by atoms with Crippen molar-refractivity contribution in [3.63, 3.8) is 0 Å². The molecule has 174 valence electrons. The van der Waals surface area contributed by atoms with Gasteiger partial charge in [0.1, 0.15) is 11.5 Å². The van der Waals surface area contributed by atoms with E-state index in [1.54, 1.807) is 6.20 Å². The molecule has 0 unspecified atom stereocenters. The molecule has 0 saturated heterocycles. The molecule has 0 atom stereocenters. The molecule has 0 bridgehead atoms. The van der Waals surface area contributed by atoms with Gasteiger partial charge in [-0.25, -0.2) is 0 Å². The molecular formula is C26H27Br2NO4. The maximum Gasteiger partial charge on any atom is 0.305 e. The SMILES string of the molecule is COC(=O)CCc1cc(Br)c(Oc2cc(CCc3ccccn3)c(O)c(C(C)C)c2)c(Br)c1. The minimum absolute atomic E-state index is 0.134. The predicted octanol–water partition coefficient (Wildman–Crippen LogP) is 7.12. The Morgan fingerprint density at radius 3 is 2.39 bits per heavy atom. The number of ether oxygens (including phenoxy) is 2. The summed E-state index contributed by atoms with van der Waals surface area (Å²) >= 11 is 7.19. The summed E-state index contributed by atoms with van der Waals surface area (Å²) in [5.41, 5.74) is 3.62. The fourth-order valence-corrected chi connectivity index (χ4v) is 4.95. The number of esters is 1. The molecule has 3 rings (SSSR count). The number of hydrogen-bond donors (Lipinski definition) is 1. The standard InChI is InChI=1S/C26H27Br2NO4/c1-16(2)21-15-20(14-18(25(21)31)8-9-19-6-4-5-11-29-19)33-26-22(27)12-17(13-23(26)28)7-10-24(30)32-3/h4-6,11-16,31H,7-10H2,1-3H3. The van der Waals surface area contributed by atoms with E-state index < -0.39 is 0 Å². The monoisotopic (exact) mass is 575 g/mol. The highest BCUT2D eigenvalue weighted by atomic mass is 79.9. The van der Waals surface area contributed by atoms with Crippen LogP contribution in [0.2, 0.25) is 0 Å². The van der Waals surface area contributed by atoms with E-state index in [-0.39, 0.29) is 11.9 Å². The lowest BCUT2D eigenvalue weighted by Crippen LogP contribution is -2.02. The van der Waals surface area contributed by atoms with Gasteiger partial charge in [-0.3, -0.25) is 9.78 Å². The third-order valence-electron chi connectivity index (χ3n) is 5.31. The van der Waals surface area contributed by atoms with Gasteiger partial charge in [0, 0.05) is 23.9 Å². The summed E-state index contributed by atoms with van der Waals surface area (Å²) in [6, 6.07) is 13.5. The van der Waals surface area contributed by atoms with Crippen molar-refractivity contribution in [1.82, 2.24) is 4.98 Å². The summed E-state index contributed by atoms with van der Waals surface area (Å²) in [5, 5.41) is 10.9. The molecule has 3 aromatic rings. The zero-order valence-electron chi connectivity index (χ0n) is 18.9. The van der Waals surface area contributed by atoms with E-state index in [1.807, 2.05) is 56.3 Å². The molecule has 0 radical (unpaired) electrons. The fourth-order valence-electron chi connectivity index (χ4n) is 3.51. The van der Waals surface area contributed by atoms with Crippen LogP contribution in [0.1, 0.15) is 48.6 Å². The van der Waals surface area contributed by atoms with Crippen LogP contribution in [0.5, 0.6) is 17.2 Å². The number of phenolic OH excluding ortho intramolecular Hbond substituents is 1. The van der Waals surface area contributed by atoms with Gasteiger partial charge in [-0.1, -0.05) is 19.9 Å². The average Bonchev–Trinajstić information content (AvgIpc) is 2.80. The lowest BCUT2D eigenvalue weighted by Gasteiger charge is -2.17. The number of hydrogen-bond acceptors (Lipinski definition) is 5. The molecular weight excluding hydrogens is 550 g/mol. The minimum atomic E-state index is -0.244. The molecule has 0 amide bonds. The van der Waals surface area contributed by atoms with Gasteiger partial charge >= 0.3 is 5.97 Å². The Balaban J connectivity index is 1.86. The Bertz CT molecular complexity index is 1090. The number of aromatic nitrogens is 1. The second kappa shape index (κ2) is 11.7. The van der Waals surface area contributed by atoms with Crippen molar-refractivity contribution in [2.24, 2.45) is 0 Å². The van der Waals surface area contributed by atoms with Crippen LogP contribution in [-0.2, 0) is 28.8 Å². The van der Waals surface area contributed by atoms with Gasteiger partial charge in [-0.15, -0.1) is 0 Å². The molecule has 0 spiro atoms. The number of phenols is 1. The number of benzene rings is 2. The molecule has 1 N–H and O–H groups in total. The number of carbonyl (C=O) groups is 1. The number of aryl methyl sites for hydroxylation is 3. The smallest absolute Gasteiger partial charge is 0.305 e. The number of pyridine rings is 1. The zero-order valence-corrected chi connectivity index (χ0v) is 22.1. The van der Waals surface area contributed by atoms with Gasteiger partial charge in [0.05, 0.1) is 16.1 Å². The zero-order chi connectivity index (χ0) is 24.0.